The molecule has 0 nitrogen and oxygen atoms in total. The zero-order valence-electron chi connectivity index (χ0n) is 11.2. The minimum absolute atomic E-state index is 0.115. The van der Waals surface area contributed by atoms with Gasteiger partial charge in [-0.15, -0.1) is 0 Å². The largest absolute Gasteiger partial charge is 0.391 e. The Bertz CT molecular complexity index is 216. The molecule has 0 heterocycles. The van der Waals surface area contributed by atoms with E-state index in [9.17, 15) is 13.2 Å². The van der Waals surface area contributed by atoms with E-state index in [4.69, 9.17) is 0 Å². The summed E-state index contributed by atoms with van der Waals surface area (Å²) in [5, 5.41) is 0. The smallest absolute Gasteiger partial charge is 0.171 e. The summed E-state index contributed by atoms with van der Waals surface area (Å²) in [5.41, 5.74) is 1.09. The molecule has 0 aliphatic carbocycles. The van der Waals surface area contributed by atoms with Gasteiger partial charge in [0.25, 0.3) is 0 Å². The van der Waals surface area contributed by atoms with Crippen LogP contribution in [0.15, 0.2) is 11.6 Å². The molecular formula is C14H25F3. The van der Waals surface area contributed by atoms with Gasteiger partial charge in [-0.2, -0.15) is 13.2 Å². The molecular weight excluding hydrogens is 225 g/mol. The zero-order chi connectivity index (χ0) is 13.3. The molecule has 0 aliphatic rings. The fraction of sp³-hybridized carbons (Fsp3) is 0.857. The highest BCUT2D eigenvalue weighted by Gasteiger charge is 2.34. The van der Waals surface area contributed by atoms with Gasteiger partial charge < -0.3 is 0 Å². The number of rotatable bonds is 8. The van der Waals surface area contributed by atoms with E-state index in [2.05, 4.69) is 6.92 Å². The molecule has 0 aromatic rings. The predicted octanol–water partition coefficient (Wildman–Crippen LogP) is 5.88. The van der Waals surface area contributed by atoms with E-state index in [0.717, 1.165) is 18.4 Å². The SMILES string of the molecule is CCCCCCC/C(C)=C/C[C@@H](C)C(F)(F)F. The normalized spacial score (nSPS) is 15.1. The Morgan fingerprint density at radius 3 is 2.24 bits per heavy atom. The molecule has 0 fully saturated rings. The Labute approximate surface area is 103 Å². The van der Waals surface area contributed by atoms with Gasteiger partial charge in [-0.05, 0) is 26.2 Å². The molecule has 0 rings (SSSR count). The molecule has 0 aliphatic heterocycles. The maximum atomic E-state index is 12.3. The van der Waals surface area contributed by atoms with Crippen LogP contribution in [0.2, 0.25) is 0 Å². The van der Waals surface area contributed by atoms with Gasteiger partial charge in [0.1, 0.15) is 0 Å². The van der Waals surface area contributed by atoms with Crippen LogP contribution in [0.1, 0.15) is 65.7 Å². The van der Waals surface area contributed by atoms with Gasteiger partial charge in [0.2, 0.25) is 0 Å². The molecule has 0 N–H and O–H groups in total. The van der Waals surface area contributed by atoms with Crippen molar-refractivity contribution in [2.24, 2.45) is 5.92 Å². The maximum Gasteiger partial charge on any atom is 0.391 e. The summed E-state index contributed by atoms with van der Waals surface area (Å²) in [4.78, 5) is 0. The second kappa shape index (κ2) is 8.60. The Morgan fingerprint density at radius 2 is 1.71 bits per heavy atom. The van der Waals surface area contributed by atoms with Gasteiger partial charge >= 0.3 is 6.18 Å². The lowest BCUT2D eigenvalue weighted by atomic mass is 10.0. The molecule has 102 valence electrons. The van der Waals surface area contributed by atoms with Crippen LogP contribution >= 0.6 is 0 Å². The van der Waals surface area contributed by atoms with Gasteiger partial charge in [0.05, 0.1) is 5.92 Å². The first-order valence-electron chi connectivity index (χ1n) is 6.60. The summed E-state index contributed by atoms with van der Waals surface area (Å²) in [6, 6.07) is 0. The van der Waals surface area contributed by atoms with Crippen LogP contribution in [-0.4, -0.2) is 6.18 Å². The van der Waals surface area contributed by atoms with E-state index in [0.29, 0.717) is 0 Å². The lowest BCUT2D eigenvalue weighted by Gasteiger charge is -2.13. The number of allylic oxidation sites excluding steroid dienone is 2. The summed E-state index contributed by atoms with van der Waals surface area (Å²) < 4.78 is 36.8. The highest BCUT2D eigenvalue weighted by atomic mass is 19.4. The van der Waals surface area contributed by atoms with Crippen LogP contribution in [0.25, 0.3) is 0 Å². The first kappa shape index (κ1) is 16.5. The zero-order valence-corrected chi connectivity index (χ0v) is 11.2. The lowest BCUT2D eigenvalue weighted by Crippen LogP contribution is -2.18. The lowest BCUT2D eigenvalue weighted by molar-refractivity contribution is -0.168. The van der Waals surface area contributed by atoms with E-state index in [1.807, 2.05) is 6.92 Å². The van der Waals surface area contributed by atoms with Crippen molar-refractivity contribution in [3.8, 4) is 0 Å². The third-order valence-corrected chi connectivity index (χ3v) is 3.05. The number of hydrogen-bond acceptors (Lipinski definition) is 0. The fourth-order valence-electron chi connectivity index (χ4n) is 1.62. The van der Waals surface area contributed by atoms with Gasteiger partial charge in [-0.3, -0.25) is 0 Å². The number of hydrogen-bond donors (Lipinski definition) is 0. The molecule has 0 bridgehead atoms. The molecule has 0 spiro atoms. The average molecular weight is 250 g/mol. The molecule has 0 saturated carbocycles. The van der Waals surface area contributed by atoms with Crippen molar-refractivity contribution >= 4 is 0 Å². The molecule has 0 unspecified atom stereocenters. The van der Waals surface area contributed by atoms with Crippen LogP contribution in [0, 0.1) is 5.92 Å². The predicted molar refractivity (Wildman–Crippen MR) is 67.0 cm³/mol. The quantitative estimate of drug-likeness (QED) is 0.372. The number of unbranched alkanes of at least 4 members (excludes halogenated alkanes) is 4. The monoisotopic (exact) mass is 250 g/mol. The van der Waals surface area contributed by atoms with Crippen molar-refractivity contribution in [2.75, 3.05) is 0 Å². The van der Waals surface area contributed by atoms with E-state index in [1.165, 1.54) is 32.6 Å². The number of alkyl halides is 3. The van der Waals surface area contributed by atoms with E-state index in [-0.39, 0.29) is 6.42 Å². The topological polar surface area (TPSA) is 0 Å². The van der Waals surface area contributed by atoms with Crippen LogP contribution in [0.5, 0.6) is 0 Å². The average Bonchev–Trinajstić information content (AvgIpc) is 2.24. The van der Waals surface area contributed by atoms with Crippen molar-refractivity contribution in [3.63, 3.8) is 0 Å². The second-order valence-electron chi connectivity index (χ2n) is 4.89. The minimum Gasteiger partial charge on any atom is -0.171 e. The van der Waals surface area contributed by atoms with E-state index >= 15 is 0 Å². The first-order chi connectivity index (χ1) is 7.88. The van der Waals surface area contributed by atoms with Crippen LogP contribution < -0.4 is 0 Å². The number of halogens is 3. The van der Waals surface area contributed by atoms with Crippen molar-refractivity contribution in [3.05, 3.63) is 11.6 Å². The van der Waals surface area contributed by atoms with Gasteiger partial charge in [0, 0.05) is 0 Å². The van der Waals surface area contributed by atoms with E-state index in [1.54, 1.807) is 6.08 Å². The molecule has 1 atom stereocenters. The highest BCUT2D eigenvalue weighted by molar-refractivity contribution is 4.98. The molecule has 0 amide bonds. The summed E-state index contributed by atoms with van der Waals surface area (Å²) >= 11 is 0. The van der Waals surface area contributed by atoms with Gasteiger partial charge in [-0.1, -0.05) is 51.2 Å². The Balaban J connectivity index is 3.72. The molecule has 3 heteroatoms. The van der Waals surface area contributed by atoms with Crippen molar-refractivity contribution in [1.82, 2.24) is 0 Å². The molecule has 17 heavy (non-hydrogen) atoms. The molecule has 0 saturated heterocycles. The minimum atomic E-state index is -4.06. The second-order valence-corrected chi connectivity index (χ2v) is 4.89. The third-order valence-electron chi connectivity index (χ3n) is 3.05. The molecule has 0 radical (unpaired) electrons. The Hall–Kier alpha value is -0.470. The molecule has 0 aromatic heterocycles. The van der Waals surface area contributed by atoms with Crippen LogP contribution in [0.4, 0.5) is 13.2 Å². The highest BCUT2D eigenvalue weighted by Crippen LogP contribution is 2.29. The standard InChI is InChI=1S/C14H25F3/c1-4-5-6-7-8-9-12(2)10-11-13(3)14(15,16)17/h10,13H,4-9,11H2,1-3H3/b12-10+/t13-/m1/s1. The Kier molecular flexibility index (Phi) is 8.36. The maximum absolute atomic E-state index is 12.3. The van der Waals surface area contributed by atoms with Crippen molar-refractivity contribution in [1.29, 1.82) is 0 Å². The van der Waals surface area contributed by atoms with Crippen molar-refractivity contribution in [2.45, 2.75) is 71.9 Å². The van der Waals surface area contributed by atoms with Crippen LogP contribution in [-0.2, 0) is 0 Å². The molecule has 0 aromatic carbocycles. The van der Waals surface area contributed by atoms with Gasteiger partial charge in [-0.25, -0.2) is 0 Å². The summed E-state index contributed by atoms with van der Waals surface area (Å²) in [5.74, 6) is -1.22. The van der Waals surface area contributed by atoms with Crippen molar-refractivity contribution < 1.29 is 13.2 Å². The van der Waals surface area contributed by atoms with E-state index < -0.39 is 12.1 Å². The summed E-state index contributed by atoms with van der Waals surface area (Å²) in [7, 11) is 0. The summed E-state index contributed by atoms with van der Waals surface area (Å²) in [6.07, 6.45) is 4.75. The van der Waals surface area contributed by atoms with Crippen LogP contribution in [0.3, 0.4) is 0 Å². The third kappa shape index (κ3) is 9.25. The summed E-state index contributed by atoms with van der Waals surface area (Å²) in [6.45, 7) is 5.34. The fourth-order valence-corrected chi connectivity index (χ4v) is 1.62. The van der Waals surface area contributed by atoms with Gasteiger partial charge in [0.15, 0.2) is 0 Å². The first-order valence-corrected chi connectivity index (χ1v) is 6.60. The Morgan fingerprint density at radius 1 is 1.12 bits per heavy atom.